The van der Waals surface area contributed by atoms with E-state index in [-0.39, 0.29) is 5.91 Å². The molecule has 5 heteroatoms. The van der Waals surface area contributed by atoms with Crippen molar-refractivity contribution in [2.24, 2.45) is 11.8 Å². The van der Waals surface area contributed by atoms with Gasteiger partial charge in [-0.1, -0.05) is 20.3 Å². The van der Waals surface area contributed by atoms with Crippen LogP contribution in [0.3, 0.4) is 0 Å². The van der Waals surface area contributed by atoms with Gasteiger partial charge in [-0.05, 0) is 18.1 Å². The average Bonchev–Trinajstić information content (AvgIpc) is 2.35. The van der Waals surface area contributed by atoms with Gasteiger partial charge < -0.3 is 10.7 Å². The van der Waals surface area contributed by atoms with Crippen LogP contribution in [0.25, 0.3) is 0 Å². The number of nitrogen functional groups attached to an aromatic ring is 1. The molecule has 4 N–H and O–H groups in total. The monoisotopic (exact) mass is 222 g/mol. The van der Waals surface area contributed by atoms with E-state index in [1.54, 1.807) is 18.3 Å². The first-order chi connectivity index (χ1) is 7.67. The molecule has 0 spiro atoms. The zero-order valence-electron chi connectivity index (χ0n) is 9.66. The number of nitrogens with one attached hydrogen (secondary N) is 2. The van der Waals surface area contributed by atoms with Crippen molar-refractivity contribution in [3.05, 3.63) is 24.0 Å². The van der Waals surface area contributed by atoms with Crippen LogP contribution in [0.15, 0.2) is 18.3 Å². The Balaban J connectivity index is 2.58. The number of carbonyl (C=O) groups excluding carboxylic acids is 1. The summed E-state index contributed by atoms with van der Waals surface area (Å²) in [6.45, 7) is 4.84. The molecule has 0 aliphatic carbocycles. The third kappa shape index (κ3) is 3.51. The maximum Gasteiger partial charge on any atom is 0.269 e. The first kappa shape index (κ1) is 12.4. The minimum Gasteiger partial charge on any atom is -0.350 e. The molecule has 0 aromatic carbocycles. The van der Waals surface area contributed by atoms with Gasteiger partial charge in [0.05, 0.1) is 5.69 Å². The van der Waals surface area contributed by atoms with Crippen molar-refractivity contribution in [2.75, 3.05) is 12.0 Å². The maximum atomic E-state index is 11.7. The third-order valence-electron chi connectivity index (χ3n) is 2.47. The van der Waals surface area contributed by atoms with Crippen molar-refractivity contribution in [1.82, 2.24) is 10.3 Å². The fraction of sp³-hybridized carbons (Fsp3) is 0.455. The molecule has 16 heavy (non-hydrogen) atoms. The van der Waals surface area contributed by atoms with Crippen molar-refractivity contribution >= 4 is 11.6 Å². The number of hydrazine groups is 1. The summed E-state index contributed by atoms with van der Waals surface area (Å²) in [4.78, 5) is 15.7. The van der Waals surface area contributed by atoms with Crippen LogP contribution in [-0.2, 0) is 0 Å². The van der Waals surface area contributed by atoms with Crippen LogP contribution < -0.4 is 16.6 Å². The van der Waals surface area contributed by atoms with E-state index in [2.05, 4.69) is 29.6 Å². The second kappa shape index (κ2) is 6.07. The van der Waals surface area contributed by atoms with Gasteiger partial charge in [-0.3, -0.25) is 15.6 Å². The number of pyridine rings is 1. The summed E-state index contributed by atoms with van der Waals surface area (Å²) in [5, 5.41) is 2.83. The minimum atomic E-state index is -0.169. The van der Waals surface area contributed by atoms with E-state index >= 15 is 0 Å². The number of amides is 1. The Morgan fingerprint density at radius 2 is 2.38 bits per heavy atom. The van der Waals surface area contributed by atoms with Gasteiger partial charge in [0.25, 0.3) is 5.91 Å². The summed E-state index contributed by atoms with van der Waals surface area (Å²) in [7, 11) is 0. The summed E-state index contributed by atoms with van der Waals surface area (Å²) in [6, 6.07) is 3.32. The number of anilines is 1. The van der Waals surface area contributed by atoms with E-state index in [4.69, 9.17) is 5.84 Å². The highest BCUT2D eigenvalue weighted by molar-refractivity contribution is 5.93. The number of nitrogens with zero attached hydrogens (tertiary/aromatic N) is 1. The van der Waals surface area contributed by atoms with Crippen LogP contribution in [0, 0.1) is 5.92 Å². The Labute approximate surface area is 95.4 Å². The summed E-state index contributed by atoms with van der Waals surface area (Å²) in [5.74, 6) is 5.56. The van der Waals surface area contributed by atoms with E-state index in [0.29, 0.717) is 23.8 Å². The van der Waals surface area contributed by atoms with Gasteiger partial charge in [0.2, 0.25) is 0 Å². The fourth-order valence-corrected chi connectivity index (χ4v) is 1.15. The van der Waals surface area contributed by atoms with Crippen LogP contribution in [0.1, 0.15) is 30.8 Å². The molecule has 5 nitrogen and oxygen atoms in total. The first-order valence-corrected chi connectivity index (χ1v) is 5.38. The molecule has 0 fully saturated rings. The standard InChI is InChI=1S/C11H18N4O/c1-3-8(2)7-14-11(16)10-6-9(15-12)4-5-13-10/h4-6,8H,3,7,12H2,1-2H3,(H,13,15)(H,14,16). The zero-order chi connectivity index (χ0) is 12.0. The number of carbonyl (C=O) groups is 1. The maximum absolute atomic E-state index is 11.7. The number of hydrogen-bond donors (Lipinski definition) is 3. The fourth-order valence-electron chi connectivity index (χ4n) is 1.15. The predicted molar refractivity (Wildman–Crippen MR) is 63.8 cm³/mol. The summed E-state index contributed by atoms with van der Waals surface area (Å²) in [6.07, 6.45) is 2.59. The largest absolute Gasteiger partial charge is 0.350 e. The van der Waals surface area contributed by atoms with E-state index < -0.39 is 0 Å². The Morgan fingerprint density at radius 3 is 3.00 bits per heavy atom. The van der Waals surface area contributed by atoms with Crippen molar-refractivity contribution in [3.8, 4) is 0 Å². The Hall–Kier alpha value is -1.62. The summed E-state index contributed by atoms with van der Waals surface area (Å²) >= 11 is 0. The van der Waals surface area contributed by atoms with E-state index in [0.717, 1.165) is 6.42 Å². The number of nitrogens with two attached hydrogens (primary N) is 1. The van der Waals surface area contributed by atoms with Gasteiger partial charge in [0, 0.05) is 12.7 Å². The van der Waals surface area contributed by atoms with E-state index in [1.165, 1.54) is 0 Å². The molecule has 1 amide bonds. The molecular formula is C11H18N4O. The first-order valence-electron chi connectivity index (χ1n) is 5.38. The van der Waals surface area contributed by atoms with Crippen LogP contribution in [0.5, 0.6) is 0 Å². The van der Waals surface area contributed by atoms with Gasteiger partial charge in [-0.2, -0.15) is 0 Å². The van der Waals surface area contributed by atoms with Gasteiger partial charge in [0.1, 0.15) is 5.69 Å². The van der Waals surface area contributed by atoms with Crippen LogP contribution >= 0.6 is 0 Å². The van der Waals surface area contributed by atoms with Crippen LogP contribution in [0.2, 0.25) is 0 Å². The topological polar surface area (TPSA) is 80.0 Å². The minimum absolute atomic E-state index is 0.169. The Bertz CT molecular complexity index is 354. The van der Waals surface area contributed by atoms with Gasteiger partial charge in [-0.15, -0.1) is 0 Å². The molecule has 1 unspecified atom stereocenters. The molecule has 0 radical (unpaired) electrons. The van der Waals surface area contributed by atoms with Crippen LogP contribution in [-0.4, -0.2) is 17.4 Å². The smallest absolute Gasteiger partial charge is 0.269 e. The Kier molecular flexibility index (Phi) is 4.72. The molecule has 0 aliphatic rings. The Morgan fingerprint density at radius 1 is 1.62 bits per heavy atom. The lowest BCUT2D eigenvalue weighted by Crippen LogP contribution is -2.28. The van der Waals surface area contributed by atoms with Crippen molar-refractivity contribution in [2.45, 2.75) is 20.3 Å². The van der Waals surface area contributed by atoms with Crippen LogP contribution in [0.4, 0.5) is 5.69 Å². The van der Waals surface area contributed by atoms with Gasteiger partial charge >= 0.3 is 0 Å². The quantitative estimate of drug-likeness (QED) is 0.515. The average molecular weight is 222 g/mol. The molecule has 0 saturated carbocycles. The molecule has 1 aromatic rings. The number of aromatic nitrogens is 1. The summed E-state index contributed by atoms with van der Waals surface area (Å²) < 4.78 is 0. The van der Waals surface area contributed by atoms with E-state index in [1.807, 2.05) is 0 Å². The second-order valence-corrected chi connectivity index (χ2v) is 3.80. The van der Waals surface area contributed by atoms with Crippen molar-refractivity contribution in [1.29, 1.82) is 0 Å². The normalized spacial score (nSPS) is 11.9. The highest BCUT2D eigenvalue weighted by Crippen LogP contribution is 2.06. The molecular weight excluding hydrogens is 204 g/mol. The molecule has 1 rings (SSSR count). The number of hydrogen-bond acceptors (Lipinski definition) is 4. The van der Waals surface area contributed by atoms with E-state index in [9.17, 15) is 4.79 Å². The second-order valence-electron chi connectivity index (χ2n) is 3.80. The third-order valence-corrected chi connectivity index (χ3v) is 2.47. The lowest BCUT2D eigenvalue weighted by Gasteiger charge is -2.10. The lowest BCUT2D eigenvalue weighted by molar-refractivity contribution is 0.0943. The molecule has 88 valence electrons. The number of rotatable bonds is 5. The SMILES string of the molecule is CCC(C)CNC(=O)c1cc(NN)ccn1. The molecule has 0 saturated heterocycles. The van der Waals surface area contributed by atoms with Gasteiger partial charge in [0.15, 0.2) is 0 Å². The van der Waals surface area contributed by atoms with Crippen molar-refractivity contribution < 1.29 is 4.79 Å². The molecule has 1 atom stereocenters. The lowest BCUT2D eigenvalue weighted by atomic mass is 10.1. The molecule has 0 aliphatic heterocycles. The molecule has 1 heterocycles. The van der Waals surface area contributed by atoms with Gasteiger partial charge in [-0.25, -0.2) is 0 Å². The zero-order valence-corrected chi connectivity index (χ0v) is 9.66. The molecule has 1 aromatic heterocycles. The highest BCUT2D eigenvalue weighted by Gasteiger charge is 2.08. The predicted octanol–water partition coefficient (Wildman–Crippen LogP) is 1.14. The van der Waals surface area contributed by atoms with Crippen molar-refractivity contribution in [3.63, 3.8) is 0 Å². The summed E-state index contributed by atoms with van der Waals surface area (Å²) in [5.41, 5.74) is 3.52. The highest BCUT2D eigenvalue weighted by atomic mass is 16.1. The molecule has 0 bridgehead atoms.